The van der Waals surface area contributed by atoms with Crippen molar-refractivity contribution < 1.29 is 19.0 Å². The van der Waals surface area contributed by atoms with Crippen LogP contribution in [0.15, 0.2) is 69.6 Å². The Morgan fingerprint density at radius 1 is 1.07 bits per heavy atom. The van der Waals surface area contributed by atoms with Crippen molar-refractivity contribution in [2.45, 2.75) is 40.7 Å². The molecule has 0 saturated heterocycles. The van der Waals surface area contributed by atoms with Crippen LogP contribution in [0.4, 0.5) is 0 Å². The highest BCUT2D eigenvalue weighted by Crippen LogP contribution is 2.38. The van der Waals surface area contributed by atoms with Gasteiger partial charge in [0.1, 0.15) is 0 Å². The van der Waals surface area contributed by atoms with Gasteiger partial charge in [-0.1, -0.05) is 35.1 Å². The van der Waals surface area contributed by atoms with Gasteiger partial charge in [-0.2, -0.15) is 0 Å². The minimum atomic E-state index is -0.716. The SMILES string of the molecule is CCOC(=O)C1=C(C)N=c2sc(=Cc3cc(C)n(-c4ccc(C)cc4)c3C)c(=O)n2[C@@H]1c1ccc2c(c1)OCO2. The average molecular weight is 556 g/mol. The molecule has 8 nitrogen and oxygen atoms in total. The second kappa shape index (κ2) is 9.98. The van der Waals surface area contributed by atoms with E-state index in [4.69, 9.17) is 14.2 Å². The van der Waals surface area contributed by atoms with E-state index >= 15 is 0 Å². The molecular formula is C31H29N3O5S. The van der Waals surface area contributed by atoms with Crippen LogP contribution in [0.2, 0.25) is 0 Å². The van der Waals surface area contributed by atoms with E-state index in [1.54, 1.807) is 24.5 Å². The minimum absolute atomic E-state index is 0.127. The number of carbonyl (C=O) groups is 1. The molecule has 0 radical (unpaired) electrons. The maximum Gasteiger partial charge on any atom is 0.338 e. The van der Waals surface area contributed by atoms with Crippen molar-refractivity contribution in [1.82, 2.24) is 9.13 Å². The van der Waals surface area contributed by atoms with Gasteiger partial charge < -0.3 is 18.8 Å². The third-order valence-electron chi connectivity index (χ3n) is 7.28. The lowest BCUT2D eigenvalue weighted by molar-refractivity contribution is -0.139. The second-order valence-corrected chi connectivity index (χ2v) is 10.9. The van der Waals surface area contributed by atoms with Gasteiger partial charge in [-0.25, -0.2) is 9.79 Å². The molecule has 9 heteroatoms. The van der Waals surface area contributed by atoms with E-state index in [1.165, 1.54) is 16.9 Å². The first-order valence-corrected chi connectivity index (χ1v) is 13.9. The van der Waals surface area contributed by atoms with Crippen LogP contribution >= 0.6 is 11.3 Å². The molecule has 40 heavy (non-hydrogen) atoms. The average Bonchev–Trinajstić information content (AvgIpc) is 3.59. The molecule has 0 amide bonds. The maximum atomic E-state index is 14.0. The van der Waals surface area contributed by atoms with Gasteiger partial charge in [-0.15, -0.1) is 0 Å². The number of thiazole rings is 1. The zero-order valence-electron chi connectivity index (χ0n) is 23.0. The fourth-order valence-corrected chi connectivity index (χ4v) is 6.39. The van der Waals surface area contributed by atoms with Crippen molar-refractivity contribution in [3.05, 3.63) is 108 Å². The molecule has 0 fully saturated rings. The molecule has 204 valence electrons. The highest BCUT2D eigenvalue weighted by molar-refractivity contribution is 7.07. The van der Waals surface area contributed by atoms with Crippen molar-refractivity contribution in [2.24, 2.45) is 4.99 Å². The molecule has 6 rings (SSSR count). The molecule has 0 spiro atoms. The summed E-state index contributed by atoms with van der Waals surface area (Å²) < 4.78 is 20.8. The Kier molecular flexibility index (Phi) is 6.46. The van der Waals surface area contributed by atoms with Gasteiger partial charge in [0, 0.05) is 17.1 Å². The van der Waals surface area contributed by atoms with Crippen LogP contribution in [-0.4, -0.2) is 28.5 Å². The van der Waals surface area contributed by atoms with Gasteiger partial charge in [0.15, 0.2) is 16.3 Å². The summed E-state index contributed by atoms with van der Waals surface area (Å²) in [4.78, 5) is 32.4. The monoisotopic (exact) mass is 555 g/mol. The van der Waals surface area contributed by atoms with Gasteiger partial charge in [0.25, 0.3) is 5.56 Å². The van der Waals surface area contributed by atoms with E-state index in [1.807, 2.05) is 25.1 Å². The van der Waals surface area contributed by atoms with Crippen molar-refractivity contribution in [2.75, 3.05) is 13.4 Å². The van der Waals surface area contributed by atoms with Crippen LogP contribution in [0.5, 0.6) is 11.5 Å². The second-order valence-electron chi connectivity index (χ2n) is 9.91. The number of esters is 1. The molecular weight excluding hydrogens is 526 g/mol. The quantitative estimate of drug-likeness (QED) is 0.344. The van der Waals surface area contributed by atoms with Crippen LogP contribution in [0.3, 0.4) is 0 Å². The summed E-state index contributed by atoms with van der Waals surface area (Å²) in [7, 11) is 0. The number of allylic oxidation sites excluding steroid dienone is 1. The van der Waals surface area contributed by atoms with E-state index in [0.717, 1.165) is 22.6 Å². The first-order chi connectivity index (χ1) is 19.3. The number of aromatic nitrogens is 2. The molecule has 4 aromatic rings. The fraction of sp³-hybridized carbons (Fsp3) is 0.258. The van der Waals surface area contributed by atoms with Gasteiger partial charge in [0.05, 0.1) is 28.5 Å². The molecule has 1 atom stereocenters. The van der Waals surface area contributed by atoms with Gasteiger partial charge in [-0.05, 0) is 82.2 Å². The molecule has 0 bridgehead atoms. The summed E-state index contributed by atoms with van der Waals surface area (Å²) in [5, 5.41) is 0. The van der Waals surface area contributed by atoms with Crippen LogP contribution in [0.25, 0.3) is 11.8 Å². The van der Waals surface area contributed by atoms with E-state index < -0.39 is 12.0 Å². The number of aryl methyl sites for hydroxylation is 2. The van der Waals surface area contributed by atoms with Crippen LogP contribution < -0.4 is 24.4 Å². The number of hydrogen-bond acceptors (Lipinski definition) is 7. The van der Waals surface area contributed by atoms with Crippen molar-refractivity contribution in [3.63, 3.8) is 0 Å². The highest BCUT2D eigenvalue weighted by Gasteiger charge is 2.34. The van der Waals surface area contributed by atoms with Crippen LogP contribution in [0, 0.1) is 20.8 Å². The molecule has 4 heterocycles. The lowest BCUT2D eigenvalue weighted by atomic mass is 9.95. The lowest BCUT2D eigenvalue weighted by Crippen LogP contribution is -2.39. The standard InChI is InChI=1S/C31H29N3O5S/c1-6-37-30(36)27-19(4)32-31-34(28(27)21-9-12-24-25(14-21)39-16-38-24)29(35)26(40-31)15-22-13-18(3)33(20(22)5)23-10-7-17(2)8-11-23/h7-15,28H,6,16H2,1-5H3/t28-/m1/s1. The van der Waals surface area contributed by atoms with Crippen LogP contribution in [0.1, 0.15) is 48.0 Å². The molecule has 2 aliphatic rings. The molecule has 2 aromatic heterocycles. The van der Waals surface area contributed by atoms with E-state index in [2.05, 4.69) is 53.7 Å². The number of hydrogen-bond donors (Lipinski definition) is 0. The maximum absolute atomic E-state index is 14.0. The van der Waals surface area contributed by atoms with Crippen molar-refractivity contribution in [3.8, 4) is 17.2 Å². The van der Waals surface area contributed by atoms with Crippen molar-refractivity contribution in [1.29, 1.82) is 0 Å². The zero-order chi connectivity index (χ0) is 28.1. The Bertz CT molecular complexity index is 1880. The first kappa shape index (κ1) is 25.9. The zero-order valence-corrected chi connectivity index (χ0v) is 23.8. The van der Waals surface area contributed by atoms with E-state index in [0.29, 0.717) is 37.7 Å². The minimum Gasteiger partial charge on any atom is -0.463 e. The normalized spacial score (nSPS) is 16.2. The largest absolute Gasteiger partial charge is 0.463 e. The summed E-state index contributed by atoms with van der Waals surface area (Å²) in [5.74, 6) is 0.696. The molecule has 2 aromatic carbocycles. The number of fused-ring (bicyclic) bond motifs is 2. The number of nitrogens with zero attached hydrogens (tertiary/aromatic N) is 3. The molecule has 2 aliphatic heterocycles. The Labute approximate surface area is 235 Å². The molecule has 0 unspecified atom stereocenters. The summed E-state index contributed by atoms with van der Waals surface area (Å²) in [6.45, 7) is 10.0. The van der Waals surface area contributed by atoms with Gasteiger partial charge >= 0.3 is 5.97 Å². The Morgan fingerprint density at radius 3 is 2.58 bits per heavy atom. The number of ether oxygens (including phenoxy) is 3. The Hall–Kier alpha value is -4.37. The topological polar surface area (TPSA) is 84.1 Å². The number of rotatable bonds is 5. The number of benzene rings is 2. The number of carbonyl (C=O) groups excluding carboxylic acids is 1. The molecule has 0 aliphatic carbocycles. The third kappa shape index (κ3) is 4.26. The van der Waals surface area contributed by atoms with Crippen molar-refractivity contribution >= 4 is 23.4 Å². The fourth-order valence-electron chi connectivity index (χ4n) is 5.36. The summed E-state index contributed by atoms with van der Waals surface area (Å²) in [5.41, 5.74) is 6.66. The van der Waals surface area contributed by atoms with Gasteiger partial charge in [0.2, 0.25) is 6.79 Å². The lowest BCUT2D eigenvalue weighted by Gasteiger charge is -2.24. The van der Waals surface area contributed by atoms with Gasteiger partial charge in [-0.3, -0.25) is 9.36 Å². The van der Waals surface area contributed by atoms with E-state index in [9.17, 15) is 9.59 Å². The first-order valence-electron chi connectivity index (χ1n) is 13.1. The van der Waals surface area contributed by atoms with Crippen LogP contribution in [-0.2, 0) is 9.53 Å². The summed E-state index contributed by atoms with van der Waals surface area (Å²) >= 11 is 1.31. The molecule has 0 saturated carbocycles. The Balaban J connectivity index is 1.52. The third-order valence-corrected chi connectivity index (χ3v) is 8.26. The summed E-state index contributed by atoms with van der Waals surface area (Å²) in [6.07, 6.45) is 1.91. The molecule has 0 N–H and O–H groups in total. The predicted molar refractivity (Wildman–Crippen MR) is 153 cm³/mol. The highest BCUT2D eigenvalue weighted by atomic mass is 32.1. The smallest absolute Gasteiger partial charge is 0.338 e. The van der Waals surface area contributed by atoms with E-state index in [-0.39, 0.29) is 19.0 Å². The Morgan fingerprint density at radius 2 is 1.82 bits per heavy atom. The summed E-state index contributed by atoms with van der Waals surface area (Å²) in [6, 6.07) is 15.2. The predicted octanol–water partition coefficient (Wildman–Crippen LogP) is 4.24.